The number of H-pyrrole nitrogens is 1. The van der Waals surface area contributed by atoms with Gasteiger partial charge in [-0.15, -0.1) is 0 Å². The molecule has 3 N–H and O–H groups in total. The molecule has 1 fully saturated rings. The molecule has 3 rings (SSSR count). The van der Waals surface area contributed by atoms with Crippen LogP contribution in [0.4, 0.5) is 0 Å². The first-order chi connectivity index (χ1) is 9.38. The lowest BCUT2D eigenvalue weighted by Crippen LogP contribution is -2.04. The van der Waals surface area contributed by atoms with Gasteiger partial charge in [0.15, 0.2) is 0 Å². The first-order valence-electron chi connectivity index (χ1n) is 7.21. The Hall–Kier alpha value is -1.61. The smallest absolute Gasteiger partial charge is 0.0695 e. The van der Waals surface area contributed by atoms with E-state index in [2.05, 4.69) is 34.5 Å². The van der Waals surface area contributed by atoms with Gasteiger partial charge in [0.2, 0.25) is 0 Å². The van der Waals surface area contributed by atoms with Crippen LogP contribution in [-0.2, 0) is 6.54 Å². The van der Waals surface area contributed by atoms with Gasteiger partial charge in [-0.25, -0.2) is 0 Å². The summed E-state index contributed by atoms with van der Waals surface area (Å²) >= 11 is 0. The van der Waals surface area contributed by atoms with Crippen LogP contribution < -0.4 is 5.73 Å². The Morgan fingerprint density at radius 2 is 1.84 bits per heavy atom. The van der Waals surface area contributed by atoms with E-state index in [9.17, 15) is 0 Å². The number of nitrogens with two attached hydrogens (primary N) is 1. The number of aromatic nitrogens is 2. The molecule has 1 aromatic heterocycles. The molecular weight excluding hydrogens is 234 g/mol. The van der Waals surface area contributed by atoms with Gasteiger partial charge in [0.05, 0.1) is 11.9 Å². The van der Waals surface area contributed by atoms with E-state index in [1.165, 1.54) is 43.2 Å². The van der Waals surface area contributed by atoms with Crippen molar-refractivity contribution < 1.29 is 0 Å². The average Bonchev–Trinajstić information content (AvgIpc) is 2.97. The molecule has 1 aromatic carbocycles. The third-order valence-electron chi connectivity index (χ3n) is 4.21. The summed E-state index contributed by atoms with van der Waals surface area (Å²) in [4.78, 5) is 0. The zero-order valence-electron chi connectivity index (χ0n) is 11.2. The second-order valence-electron chi connectivity index (χ2n) is 5.43. The number of aromatic amines is 1. The Morgan fingerprint density at radius 3 is 2.53 bits per heavy atom. The summed E-state index contributed by atoms with van der Waals surface area (Å²) in [5, 5.41) is 7.12. The van der Waals surface area contributed by atoms with Crippen molar-refractivity contribution in [3.63, 3.8) is 0 Å². The number of benzene rings is 1. The monoisotopic (exact) mass is 255 g/mol. The van der Waals surface area contributed by atoms with Crippen LogP contribution in [0.2, 0.25) is 0 Å². The summed E-state index contributed by atoms with van der Waals surface area (Å²) in [6.45, 7) is 0.524. The lowest BCUT2D eigenvalue weighted by atomic mass is 9.84. The molecule has 3 nitrogen and oxygen atoms in total. The molecule has 0 spiro atoms. The maximum atomic E-state index is 5.72. The molecule has 1 aliphatic rings. The third kappa shape index (κ3) is 2.56. The number of nitrogens with one attached hydrogen (secondary N) is 1. The van der Waals surface area contributed by atoms with E-state index in [0.717, 1.165) is 17.2 Å². The van der Waals surface area contributed by atoms with Gasteiger partial charge in [0.1, 0.15) is 0 Å². The van der Waals surface area contributed by atoms with Crippen LogP contribution in [0.25, 0.3) is 11.3 Å². The Kier molecular flexibility index (Phi) is 3.65. The Labute approximate surface area is 114 Å². The van der Waals surface area contributed by atoms with Crippen LogP contribution in [0.5, 0.6) is 0 Å². The summed E-state index contributed by atoms with van der Waals surface area (Å²) < 4.78 is 0. The van der Waals surface area contributed by atoms with Crippen LogP contribution >= 0.6 is 0 Å². The zero-order chi connectivity index (χ0) is 13.1. The lowest BCUT2D eigenvalue weighted by molar-refractivity contribution is 0.443. The predicted octanol–water partition coefficient (Wildman–Crippen LogP) is 3.58. The molecule has 1 aliphatic carbocycles. The van der Waals surface area contributed by atoms with Crippen molar-refractivity contribution in [2.75, 3.05) is 0 Å². The summed E-state index contributed by atoms with van der Waals surface area (Å²) in [6.07, 6.45) is 8.66. The maximum Gasteiger partial charge on any atom is 0.0695 e. The molecule has 0 amide bonds. The molecule has 2 aromatic rings. The zero-order valence-corrected chi connectivity index (χ0v) is 11.2. The highest BCUT2D eigenvalue weighted by molar-refractivity contribution is 5.63. The van der Waals surface area contributed by atoms with Crippen LogP contribution in [-0.4, -0.2) is 10.2 Å². The average molecular weight is 255 g/mol. The first kappa shape index (κ1) is 12.4. The highest BCUT2D eigenvalue weighted by Crippen LogP contribution is 2.33. The van der Waals surface area contributed by atoms with Gasteiger partial charge in [0, 0.05) is 12.1 Å². The largest absolute Gasteiger partial charge is 0.326 e. The fourth-order valence-corrected chi connectivity index (χ4v) is 3.07. The fraction of sp³-hybridized carbons (Fsp3) is 0.438. The van der Waals surface area contributed by atoms with Gasteiger partial charge in [-0.1, -0.05) is 43.5 Å². The first-order valence-corrected chi connectivity index (χ1v) is 7.21. The molecule has 19 heavy (non-hydrogen) atoms. The van der Waals surface area contributed by atoms with Gasteiger partial charge < -0.3 is 5.73 Å². The molecule has 1 saturated carbocycles. The Bertz CT molecular complexity index is 521. The second kappa shape index (κ2) is 5.57. The quantitative estimate of drug-likeness (QED) is 0.880. The van der Waals surface area contributed by atoms with Gasteiger partial charge >= 0.3 is 0 Å². The molecule has 0 bridgehead atoms. The number of nitrogens with zero attached hydrogens (tertiary/aromatic N) is 1. The van der Waals surface area contributed by atoms with Crippen molar-refractivity contribution in [1.82, 2.24) is 10.2 Å². The molecular formula is C16H21N3. The van der Waals surface area contributed by atoms with Crippen LogP contribution in [0.3, 0.4) is 0 Å². The van der Waals surface area contributed by atoms with Gasteiger partial charge in [-0.3, -0.25) is 5.10 Å². The van der Waals surface area contributed by atoms with E-state index in [-0.39, 0.29) is 0 Å². The maximum absolute atomic E-state index is 5.72. The number of rotatable bonds is 3. The fourth-order valence-electron chi connectivity index (χ4n) is 3.07. The van der Waals surface area contributed by atoms with Gasteiger partial charge in [-0.05, 0) is 29.9 Å². The molecule has 0 radical (unpaired) electrons. The minimum atomic E-state index is 0.524. The SMILES string of the molecule is NCc1cn[nH]c1-c1ccc(C2CCCCC2)cc1. The van der Waals surface area contributed by atoms with Crippen molar-refractivity contribution in [1.29, 1.82) is 0 Å². The van der Waals surface area contributed by atoms with Crippen LogP contribution in [0.1, 0.15) is 49.1 Å². The van der Waals surface area contributed by atoms with Crippen molar-refractivity contribution >= 4 is 0 Å². The van der Waals surface area contributed by atoms with Crippen molar-refractivity contribution in [2.45, 2.75) is 44.6 Å². The van der Waals surface area contributed by atoms with Crippen LogP contribution in [0.15, 0.2) is 30.5 Å². The Morgan fingerprint density at radius 1 is 1.11 bits per heavy atom. The standard InChI is InChI=1S/C16H21N3/c17-10-15-11-18-19-16(15)14-8-6-13(7-9-14)12-4-2-1-3-5-12/h6-9,11-12H,1-5,10,17H2,(H,18,19). The second-order valence-corrected chi connectivity index (χ2v) is 5.43. The molecule has 0 unspecified atom stereocenters. The van der Waals surface area contributed by atoms with Crippen molar-refractivity contribution in [3.05, 3.63) is 41.6 Å². The van der Waals surface area contributed by atoms with E-state index in [1.807, 2.05) is 6.20 Å². The van der Waals surface area contributed by atoms with E-state index in [4.69, 9.17) is 5.73 Å². The highest BCUT2D eigenvalue weighted by Gasteiger charge is 2.15. The van der Waals surface area contributed by atoms with Gasteiger partial charge in [-0.2, -0.15) is 5.10 Å². The van der Waals surface area contributed by atoms with Crippen molar-refractivity contribution in [2.24, 2.45) is 5.73 Å². The van der Waals surface area contributed by atoms with E-state index in [0.29, 0.717) is 6.54 Å². The normalized spacial score (nSPS) is 16.7. The Balaban J connectivity index is 1.82. The minimum absolute atomic E-state index is 0.524. The molecule has 3 heteroatoms. The summed E-state index contributed by atoms with van der Waals surface area (Å²) in [6, 6.07) is 8.92. The van der Waals surface area contributed by atoms with Crippen LogP contribution in [0, 0.1) is 0 Å². The summed E-state index contributed by atoms with van der Waals surface area (Å²) in [7, 11) is 0. The predicted molar refractivity (Wildman–Crippen MR) is 77.7 cm³/mol. The third-order valence-corrected chi connectivity index (χ3v) is 4.21. The number of hydrogen-bond acceptors (Lipinski definition) is 2. The molecule has 0 saturated heterocycles. The van der Waals surface area contributed by atoms with E-state index in [1.54, 1.807) is 0 Å². The van der Waals surface area contributed by atoms with E-state index >= 15 is 0 Å². The summed E-state index contributed by atoms with van der Waals surface area (Å²) in [5.41, 5.74) is 10.5. The molecule has 0 atom stereocenters. The topological polar surface area (TPSA) is 54.7 Å². The van der Waals surface area contributed by atoms with E-state index < -0.39 is 0 Å². The van der Waals surface area contributed by atoms with Crippen molar-refractivity contribution in [3.8, 4) is 11.3 Å². The number of hydrogen-bond donors (Lipinski definition) is 2. The molecule has 1 heterocycles. The highest BCUT2D eigenvalue weighted by atomic mass is 15.1. The minimum Gasteiger partial charge on any atom is -0.326 e. The molecule has 100 valence electrons. The summed E-state index contributed by atoms with van der Waals surface area (Å²) in [5.74, 6) is 0.763. The lowest BCUT2D eigenvalue weighted by Gasteiger charge is -2.22. The van der Waals surface area contributed by atoms with Gasteiger partial charge in [0.25, 0.3) is 0 Å². The molecule has 0 aliphatic heterocycles.